The van der Waals surface area contributed by atoms with Crippen LogP contribution in [0.25, 0.3) is 0 Å². The zero-order valence-corrected chi connectivity index (χ0v) is 8.94. The van der Waals surface area contributed by atoms with E-state index in [2.05, 4.69) is 5.32 Å². The molecule has 84 valence electrons. The summed E-state index contributed by atoms with van der Waals surface area (Å²) in [5.41, 5.74) is 1.75. The number of carbonyl (C=O) groups excluding carboxylic acids is 1. The minimum atomic E-state index is 0.0998. The zero-order chi connectivity index (χ0) is 11.1. The highest BCUT2D eigenvalue weighted by atomic mass is 16.3. The van der Waals surface area contributed by atoms with Crippen LogP contribution in [0.3, 0.4) is 0 Å². The Morgan fingerprint density at radius 1 is 1.38 bits per heavy atom. The van der Waals surface area contributed by atoms with Crippen LogP contribution in [0, 0.1) is 0 Å². The molecule has 2 aliphatic rings. The summed E-state index contributed by atoms with van der Waals surface area (Å²) in [7, 11) is 0. The normalized spacial score (nSPS) is 20.0. The van der Waals surface area contributed by atoms with Gasteiger partial charge in [-0.1, -0.05) is 0 Å². The van der Waals surface area contributed by atoms with E-state index in [0.29, 0.717) is 12.6 Å². The number of benzene rings is 1. The third kappa shape index (κ3) is 1.33. The van der Waals surface area contributed by atoms with E-state index in [1.807, 2.05) is 11.0 Å². The van der Waals surface area contributed by atoms with E-state index >= 15 is 0 Å². The number of amides is 1. The van der Waals surface area contributed by atoms with E-state index in [9.17, 15) is 9.90 Å². The first-order valence-corrected chi connectivity index (χ1v) is 5.64. The average molecular weight is 218 g/mol. The maximum absolute atomic E-state index is 11.9. The highest BCUT2D eigenvalue weighted by Crippen LogP contribution is 2.38. The van der Waals surface area contributed by atoms with Crippen molar-refractivity contribution in [1.29, 1.82) is 0 Å². The van der Waals surface area contributed by atoms with Gasteiger partial charge in [0.1, 0.15) is 5.75 Å². The average Bonchev–Trinajstić information content (AvgIpc) is 2.20. The smallest absolute Gasteiger partial charge is 0.246 e. The molecule has 3 rings (SSSR count). The molecule has 0 saturated heterocycles. The van der Waals surface area contributed by atoms with Gasteiger partial charge in [-0.2, -0.15) is 0 Å². The lowest BCUT2D eigenvalue weighted by Gasteiger charge is -2.40. The Balaban J connectivity index is 2.04. The van der Waals surface area contributed by atoms with E-state index in [0.717, 1.165) is 24.2 Å². The van der Waals surface area contributed by atoms with Gasteiger partial charge < -0.3 is 15.3 Å². The molecule has 1 aliphatic carbocycles. The van der Waals surface area contributed by atoms with Crippen LogP contribution in [0.1, 0.15) is 19.3 Å². The van der Waals surface area contributed by atoms with E-state index in [1.165, 1.54) is 6.42 Å². The van der Waals surface area contributed by atoms with Gasteiger partial charge in [0, 0.05) is 12.1 Å². The molecule has 1 aliphatic heterocycles. The van der Waals surface area contributed by atoms with Crippen molar-refractivity contribution in [3.05, 3.63) is 18.2 Å². The van der Waals surface area contributed by atoms with Crippen LogP contribution in [-0.2, 0) is 4.79 Å². The molecule has 4 nitrogen and oxygen atoms in total. The molecule has 1 saturated carbocycles. The van der Waals surface area contributed by atoms with Crippen LogP contribution in [-0.4, -0.2) is 23.6 Å². The van der Waals surface area contributed by atoms with Gasteiger partial charge in [0.25, 0.3) is 0 Å². The second-order valence-electron chi connectivity index (χ2n) is 4.40. The van der Waals surface area contributed by atoms with Crippen LogP contribution in [0.2, 0.25) is 0 Å². The number of anilines is 2. The Hall–Kier alpha value is -1.71. The Morgan fingerprint density at radius 2 is 2.19 bits per heavy atom. The fourth-order valence-electron chi connectivity index (χ4n) is 2.30. The van der Waals surface area contributed by atoms with Crippen molar-refractivity contribution in [3.8, 4) is 5.75 Å². The predicted octanol–water partition coefficient (Wildman–Crippen LogP) is 1.70. The number of fused-ring (bicyclic) bond motifs is 1. The van der Waals surface area contributed by atoms with Crippen LogP contribution < -0.4 is 10.2 Å². The van der Waals surface area contributed by atoms with Gasteiger partial charge in [-0.3, -0.25) is 4.79 Å². The largest absolute Gasteiger partial charge is 0.508 e. The third-order valence-electron chi connectivity index (χ3n) is 3.38. The molecule has 0 radical (unpaired) electrons. The molecule has 1 amide bonds. The van der Waals surface area contributed by atoms with Crippen molar-refractivity contribution in [2.75, 3.05) is 16.8 Å². The number of nitrogens with one attached hydrogen (secondary N) is 1. The highest BCUT2D eigenvalue weighted by molar-refractivity contribution is 6.03. The van der Waals surface area contributed by atoms with Crippen molar-refractivity contribution in [1.82, 2.24) is 0 Å². The van der Waals surface area contributed by atoms with Crippen molar-refractivity contribution in [2.24, 2.45) is 0 Å². The number of rotatable bonds is 1. The van der Waals surface area contributed by atoms with Crippen molar-refractivity contribution in [2.45, 2.75) is 25.3 Å². The van der Waals surface area contributed by atoms with E-state index in [4.69, 9.17) is 0 Å². The highest BCUT2D eigenvalue weighted by Gasteiger charge is 2.33. The Labute approximate surface area is 93.9 Å². The maximum Gasteiger partial charge on any atom is 0.246 e. The molecule has 1 aromatic rings. The van der Waals surface area contributed by atoms with E-state index in [-0.39, 0.29) is 11.7 Å². The van der Waals surface area contributed by atoms with Crippen molar-refractivity contribution < 1.29 is 9.90 Å². The fraction of sp³-hybridized carbons (Fsp3) is 0.417. The number of hydrogen-bond acceptors (Lipinski definition) is 3. The molecule has 1 fully saturated rings. The summed E-state index contributed by atoms with van der Waals surface area (Å²) in [6.07, 6.45) is 3.33. The van der Waals surface area contributed by atoms with Crippen LogP contribution in [0.5, 0.6) is 5.75 Å². The predicted molar refractivity (Wildman–Crippen MR) is 61.7 cm³/mol. The standard InChI is InChI=1S/C12H14N2O2/c15-9-4-5-10-11(6-9)14(8-2-1-3-8)12(16)7-13-10/h4-6,8,13,15H,1-3,7H2. The minimum absolute atomic E-state index is 0.0998. The first-order chi connectivity index (χ1) is 7.75. The number of hydrogen-bond donors (Lipinski definition) is 2. The Kier molecular flexibility index (Phi) is 2.02. The molecule has 0 spiro atoms. The number of phenolic OH excluding ortho intramolecular Hbond substituents is 1. The molecular formula is C12H14N2O2. The number of nitrogens with zero attached hydrogens (tertiary/aromatic N) is 1. The molecule has 16 heavy (non-hydrogen) atoms. The topological polar surface area (TPSA) is 52.6 Å². The summed E-state index contributed by atoms with van der Waals surface area (Å²) in [6, 6.07) is 5.45. The van der Waals surface area contributed by atoms with Crippen molar-refractivity contribution in [3.63, 3.8) is 0 Å². The first-order valence-electron chi connectivity index (χ1n) is 5.64. The summed E-state index contributed by atoms with van der Waals surface area (Å²) < 4.78 is 0. The van der Waals surface area contributed by atoms with Gasteiger partial charge in [-0.15, -0.1) is 0 Å². The lowest BCUT2D eigenvalue weighted by atomic mass is 9.90. The number of phenols is 1. The zero-order valence-electron chi connectivity index (χ0n) is 8.94. The number of carbonyl (C=O) groups is 1. The molecule has 1 heterocycles. The third-order valence-corrected chi connectivity index (χ3v) is 3.38. The Morgan fingerprint density at radius 3 is 2.88 bits per heavy atom. The van der Waals surface area contributed by atoms with Crippen LogP contribution in [0.4, 0.5) is 11.4 Å². The molecule has 0 bridgehead atoms. The number of aromatic hydroxyl groups is 1. The first kappa shape index (κ1) is 9.51. The fourth-order valence-corrected chi connectivity index (χ4v) is 2.30. The summed E-state index contributed by atoms with van der Waals surface area (Å²) in [6.45, 7) is 0.355. The van der Waals surface area contributed by atoms with E-state index < -0.39 is 0 Å². The Bertz CT molecular complexity index is 441. The van der Waals surface area contributed by atoms with E-state index in [1.54, 1.807) is 12.1 Å². The second-order valence-corrected chi connectivity index (χ2v) is 4.40. The maximum atomic E-state index is 11.9. The van der Waals surface area contributed by atoms with Gasteiger partial charge in [0.2, 0.25) is 5.91 Å². The van der Waals surface area contributed by atoms with Gasteiger partial charge in [-0.05, 0) is 31.4 Å². The minimum Gasteiger partial charge on any atom is -0.508 e. The second kappa shape index (κ2) is 3.40. The summed E-state index contributed by atoms with van der Waals surface area (Å²) in [5.74, 6) is 0.308. The SMILES string of the molecule is O=C1CNc2ccc(O)cc2N1C1CCC1. The van der Waals surface area contributed by atoms with Gasteiger partial charge in [-0.25, -0.2) is 0 Å². The molecule has 0 aromatic heterocycles. The molecule has 4 heteroatoms. The summed E-state index contributed by atoms with van der Waals surface area (Å²) in [4.78, 5) is 13.7. The van der Waals surface area contributed by atoms with Crippen LogP contribution >= 0.6 is 0 Å². The van der Waals surface area contributed by atoms with Crippen LogP contribution in [0.15, 0.2) is 18.2 Å². The van der Waals surface area contributed by atoms with Gasteiger partial charge >= 0.3 is 0 Å². The quantitative estimate of drug-likeness (QED) is 0.705. The lowest BCUT2D eigenvalue weighted by molar-refractivity contribution is -0.118. The summed E-state index contributed by atoms with van der Waals surface area (Å²) in [5, 5.41) is 12.6. The molecule has 0 unspecified atom stereocenters. The van der Waals surface area contributed by atoms with Gasteiger partial charge in [0.05, 0.1) is 17.9 Å². The monoisotopic (exact) mass is 218 g/mol. The molecule has 1 aromatic carbocycles. The van der Waals surface area contributed by atoms with Gasteiger partial charge in [0.15, 0.2) is 0 Å². The summed E-state index contributed by atoms with van der Waals surface area (Å²) >= 11 is 0. The lowest BCUT2D eigenvalue weighted by Crippen LogP contribution is -2.49. The van der Waals surface area contributed by atoms with Crippen molar-refractivity contribution >= 4 is 17.3 Å². The molecule has 2 N–H and O–H groups in total. The molecular weight excluding hydrogens is 204 g/mol. The molecule has 0 atom stereocenters.